The molecule has 27 heavy (non-hydrogen) atoms. The van der Waals surface area contributed by atoms with E-state index in [2.05, 4.69) is 15.3 Å². The summed E-state index contributed by atoms with van der Waals surface area (Å²) in [5, 5.41) is 3.24. The molecule has 0 saturated heterocycles. The molecule has 0 atom stereocenters. The Balaban J connectivity index is 1.75. The summed E-state index contributed by atoms with van der Waals surface area (Å²) in [4.78, 5) is 23.2. The average Bonchev–Trinajstić information content (AvgIpc) is 2.65. The Morgan fingerprint density at radius 2 is 1.74 bits per heavy atom. The first-order chi connectivity index (χ1) is 12.8. The van der Waals surface area contributed by atoms with Crippen molar-refractivity contribution in [2.45, 2.75) is 39.3 Å². The molecule has 1 N–H and O–H groups in total. The highest BCUT2D eigenvalue weighted by Crippen LogP contribution is 2.33. The molecule has 3 rings (SSSR count). The van der Waals surface area contributed by atoms with Gasteiger partial charge in [0.1, 0.15) is 11.5 Å². The van der Waals surface area contributed by atoms with Crippen LogP contribution in [0.2, 0.25) is 0 Å². The van der Waals surface area contributed by atoms with Crippen LogP contribution in [0.15, 0.2) is 24.5 Å². The average molecular weight is 370 g/mol. The van der Waals surface area contributed by atoms with Crippen molar-refractivity contribution in [3.63, 3.8) is 0 Å². The second-order valence-electron chi connectivity index (χ2n) is 7.61. The molecule has 0 aliphatic carbocycles. The van der Waals surface area contributed by atoms with Gasteiger partial charge in [-0.2, -0.15) is 0 Å². The SMILES string of the molecule is COc1cc2c(cc1OC)CN(C(=O)c1cnc(NC(C)(C)C)cn1)CC2. The summed E-state index contributed by atoms with van der Waals surface area (Å²) in [5.74, 6) is 1.91. The molecule has 1 aliphatic heterocycles. The van der Waals surface area contributed by atoms with Gasteiger partial charge >= 0.3 is 0 Å². The molecular formula is C20H26N4O3. The number of rotatable bonds is 4. The Hall–Kier alpha value is -2.83. The number of hydrogen-bond donors (Lipinski definition) is 1. The van der Waals surface area contributed by atoms with Crippen LogP contribution in [-0.4, -0.2) is 47.1 Å². The normalized spacial score (nSPS) is 13.7. The van der Waals surface area contributed by atoms with E-state index in [1.807, 2.05) is 32.9 Å². The molecule has 0 unspecified atom stereocenters. The van der Waals surface area contributed by atoms with Gasteiger partial charge in [0.05, 0.1) is 26.6 Å². The highest BCUT2D eigenvalue weighted by Gasteiger charge is 2.24. The molecule has 1 amide bonds. The third kappa shape index (κ3) is 4.30. The molecule has 2 aromatic rings. The van der Waals surface area contributed by atoms with Gasteiger partial charge in [-0.25, -0.2) is 9.97 Å². The maximum atomic E-state index is 12.8. The van der Waals surface area contributed by atoms with E-state index in [-0.39, 0.29) is 11.4 Å². The Morgan fingerprint density at radius 3 is 2.30 bits per heavy atom. The van der Waals surface area contributed by atoms with Gasteiger partial charge in [0.15, 0.2) is 11.5 Å². The number of methoxy groups -OCH3 is 2. The highest BCUT2D eigenvalue weighted by atomic mass is 16.5. The molecule has 0 spiro atoms. The fourth-order valence-electron chi connectivity index (χ4n) is 3.11. The number of carbonyl (C=O) groups is 1. The Kier molecular flexibility index (Phi) is 5.21. The van der Waals surface area contributed by atoms with E-state index in [1.165, 1.54) is 11.8 Å². The Morgan fingerprint density at radius 1 is 1.07 bits per heavy atom. The largest absolute Gasteiger partial charge is 0.493 e. The lowest BCUT2D eigenvalue weighted by atomic mass is 9.98. The van der Waals surface area contributed by atoms with E-state index in [0.717, 1.165) is 12.0 Å². The van der Waals surface area contributed by atoms with Crippen molar-refractivity contribution in [3.05, 3.63) is 41.3 Å². The second kappa shape index (κ2) is 7.42. The van der Waals surface area contributed by atoms with Gasteiger partial charge in [0.2, 0.25) is 0 Å². The van der Waals surface area contributed by atoms with Gasteiger partial charge in [-0.15, -0.1) is 0 Å². The topological polar surface area (TPSA) is 76.6 Å². The predicted molar refractivity (Wildman–Crippen MR) is 103 cm³/mol. The van der Waals surface area contributed by atoms with Crippen molar-refractivity contribution in [1.82, 2.24) is 14.9 Å². The number of fused-ring (bicyclic) bond motifs is 1. The van der Waals surface area contributed by atoms with Crippen LogP contribution in [0.1, 0.15) is 42.4 Å². The minimum Gasteiger partial charge on any atom is -0.493 e. The maximum Gasteiger partial charge on any atom is 0.274 e. The quantitative estimate of drug-likeness (QED) is 0.892. The first kappa shape index (κ1) is 18.9. The van der Waals surface area contributed by atoms with Crippen LogP contribution in [-0.2, 0) is 13.0 Å². The van der Waals surface area contributed by atoms with E-state index in [4.69, 9.17) is 9.47 Å². The molecule has 0 fully saturated rings. The van der Waals surface area contributed by atoms with Crippen molar-refractivity contribution in [2.24, 2.45) is 0 Å². The number of nitrogens with one attached hydrogen (secondary N) is 1. The van der Waals surface area contributed by atoms with Crippen molar-refractivity contribution in [2.75, 3.05) is 26.1 Å². The van der Waals surface area contributed by atoms with Gasteiger partial charge < -0.3 is 19.7 Å². The number of anilines is 1. The van der Waals surface area contributed by atoms with Crippen molar-refractivity contribution in [3.8, 4) is 11.5 Å². The van der Waals surface area contributed by atoms with Gasteiger partial charge in [-0.1, -0.05) is 0 Å². The van der Waals surface area contributed by atoms with Crippen LogP contribution in [0.5, 0.6) is 11.5 Å². The van der Waals surface area contributed by atoms with Crippen LogP contribution in [0, 0.1) is 0 Å². The number of aromatic nitrogens is 2. The maximum absolute atomic E-state index is 12.8. The number of nitrogens with zero attached hydrogens (tertiary/aromatic N) is 3. The zero-order valence-corrected chi connectivity index (χ0v) is 16.5. The summed E-state index contributed by atoms with van der Waals surface area (Å²) in [5.41, 5.74) is 2.47. The molecule has 7 heteroatoms. The van der Waals surface area contributed by atoms with Crippen LogP contribution in [0.25, 0.3) is 0 Å². The lowest BCUT2D eigenvalue weighted by Crippen LogP contribution is -2.36. The molecule has 1 aromatic carbocycles. The van der Waals surface area contributed by atoms with E-state index in [9.17, 15) is 4.79 Å². The molecule has 0 saturated carbocycles. The van der Waals surface area contributed by atoms with E-state index >= 15 is 0 Å². The third-order valence-corrected chi connectivity index (χ3v) is 4.38. The molecule has 7 nitrogen and oxygen atoms in total. The van der Waals surface area contributed by atoms with Crippen molar-refractivity contribution in [1.29, 1.82) is 0 Å². The van der Waals surface area contributed by atoms with E-state index in [1.54, 1.807) is 25.3 Å². The number of benzene rings is 1. The minimum absolute atomic E-state index is 0.114. The fraction of sp³-hybridized carbons (Fsp3) is 0.450. The van der Waals surface area contributed by atoms with Crippen molar-refractivity contribution < 1.29 is 14.3 Å². The zero-order chi connectivity index (χ0) is 19.6. The zero-order valence-electron chi connectivity index (χ0n) is 16.5. The van der Waals surface area contributed by atoms with Gasteiger partial charge in [0, 0.05) is 18.6 Å². The van der Waals surface area contributed by atoms with Crippen LogP contribution < -0.4 is 14.8 Å². The summed E-state index contributed by atoms with van der Waals surface area (Å²) in [6.45, 7) is 7.27. The summed E-state index contributed by atoms with van der Waals surface area (Å²) in [6, 6.07) is 3.93. The van der Waals surface area contributed by atoms with Gasteiger partial charge in [-0.3, -0.25) is 4.79 Å². The molecule has 1 aromatic heterocycles. The fourth-order valence-corrected chi connectivity index (χ4v) is 3.11. The summed E-state index contributed by atoms with van der Waals surface area (Å²) in [6.07, 6.45) is 3.89. The minimum atomic E-state index is -0.120. The molecule has 2 heterocycles. The number of hydrogen-bond acceptors (Lipinski definition) is 6. The van der Waals surface area contributed by atoms with Crippen LogP contribution in [0.3, 0.4) is 0 Å². The van der Waals surface area contributed by atoms with E-state index < -0.39 is 0 Å². The molecule has 1 aliphatic rings. The van der Waals surface area contributed by atoms with Gasteiger partial charge in [-0.05, 0) is 50.5 Å². The Labute approximate surface area is 159 Å². The van der Waals surface area contributed by atoms with E-state index in [0.29, 0.717) is 36.1 Å². The smallest absolute Gasteiger partial charge is 0.274 e. The lowest BCUT2D eigenvalue weighted by Gasteiger charge is -2.29. The summed E-state index contributed by atoms with van der Waals surface area (Å²) in [7, 11) is 3.23. The number of carbonyl (C=O) groups excluding carboxylic acids is 1. The molecule has 0 radical (unpaired) electrons. The molecule has 144 valence electrons. The summed E-state index contributed by atoms with van der Waals surface area (Å²) >= 11 is 0. The van der Waals surface area contributed by atoms with Gasteiger partial charge in [0.25, 0.3) is 5.91 Å². The van der Waals surface area contributed by atoms with Crippen molar-refractivity contribution >= 4 is 11.7 Å². The molecular weight excluding hydrogens is 344 g/mol. The molecule has 0 bridgehead atoms. The number of ether oxygens (including phenoxy) is 2. The van der Waals surface area contributed by atoms with Crippen LogP contribution in [0.4, 0.5) is 5.82 Å². The second-order valence-corrected chi connectivity index (χ2v) is 7.61. The third-order valence-electron chi connectivity index (χ3n) is 4.38. The predicted octanol–water partition coefficient (Wildman–Crippen LogP) is 2.90. The monoisotopic (exact) mass is 370 g/mol. The number of amides is 1. The summed E-state index contributed by atoms with van der Waals surface area (Å²) < 4.78 is 10.7. The standard InChI is InChI=1S/C20H26N4O3/c1-20(2,3)23-18-11-21-15(10-22-18)19(25)24-7-6-13-8-16(26-4)17(27-5)9-14(13)12-24/h8-11H,6-7,12H2,1-5H3,(H,22,23). The highest BCUT2D eigenvalue weighted by molar-refractivity contribution is 5.92. The van der Waals surface area contributed by atoms with Crippen LogP contribution >= 0.6 is 0 Å². The first-order valence-corrected chi connectivity index (χ1v) is 8.94. The Bertz CT molecular complexity index is 828. The first-order valence-electron chi connectivity index (χ1n) is 8.94. The lowest BCUT2D eigenvalue weighted by molar-refractivity contribution is 0.0728.